The van der Waals surface area contributed by atoms with Crippen molar-refractivity contribution in [2.24, 2.45) is 0 Å². The summed E-state index contributed by atoms with van der Waals surface area (Å²) in [5.41, 5.74) is 5.76. The second-order valence-corrected chi connectivity index (χ2v) is 5.59. The van der Waals surface area contributed by atoms with Gasteiger partial charge in [0, 0.05) is 23.2 Å². The molecule has 0 atom stereocenters. The van der Waals surface area contributed by atoms with E-state index in [9.17, 15) is 0 Å². The zero-order valence-electron chi connectivity index (χ0n) is 11.7. The van der Waals surface area contributed by atoms with Crippen molar-refractivity contribution in [3.63, 3.8) is 0 Å². The Morgan fingerprint density at radius 2 is 1.95 bits per heavy atom. The molecule has 2 aromatic heterocycles. The monoisotopic (exact) mass is 274 g/mol. The molecule has 0 amide bonds. The lowest BCUT2D eigenvalue weighted by molar-refractivity contribution is 0.883. The number of nitriles is 1. The normalized spacial score (nSPS) is 14.3. The maximum Gasteiger partial charge on any atom is 0.156 e. The molecule has 0 radical (unpaired) electrons. The van der Waals surface area contributed by atoms with Crippen LogP contribution in [0, 0.1) is 18.3 Å². The molecule has 1 fully saturated rings. The minimum Gasteiger partial charge on any atom is -0.234 e. The van der Waals surface area contributed by atoms with E-state index in [0.29, 0.717) is 11.5 Å². The minimum absolute atomic E-state index is 0.612. The lowest BCUT2D eigenvalue weighted by Crippen LogP contribution is -1.98. The first-order chi connectivity index (χ1) is 10.2. The van der Waals surface area contributed by atoms with Crippen molar-refractivity contribution in [2.75, 3.05) is 0 Å². The molecule has 0 unspecified atom stereocenters. The molecule has 1 aliphatic rings. The standard InChI is InChI=1S/C17H14N4/c1-11-8-16(14-4-2-12(10-18)3-5-14)21-17(19-11)9-15(20-21)13-6-7-13/h2-5,8-9,13H,6-7H2,1H3. The molecule has 3 aromatic rings. The van der Waals surface area contributed by atoms with E-state index in [1.807, 2.05) is 41.8 Å². The topological polar surface area (TPSA) is 54.0 Å². The summed E-state index contributed by atoms with van der Waals surface area (Å²) in [6, 6.07) is 13.9. The summed E-state index contributed by atoms with van der Waals surface area (Å²) in [5, 5.41) is 13.6. The van der Waals surface area contributed by atoms with Crippen LogP contribution in [0.5, 0.6) is 0 Å². The third-order valence-electron chi connectivity index (χ3n) is 3.88. The van der Waals surface area contributed by atoms with Crippen LogP contribution in [-0.2, 0) is 0 Å². The zero-order chi connectivity index (χ0) is 14.4. The van der Waals surface area contributed by atoms with Crippen LogP contribution in [-0.4, -0.2) is 14.6 Å². The largest absolute Gasteiger partial charge is 0.234 e. The highest BCUT2D eigenvalue weighted by molar-refractivity contribution is 5.64. The molecule has 1 saturated carbocycles. The minimum atomic E-state index is 0.612. The number of hydrogen-bond acceptors (Lipinski definition) is 3. The number of aromatic nitrogens is 3. The van der Waals surface area contributed by atoms with Gasteiger partial charge in [-0.2, -0.15) is 10.4 Å². The van der Waals surface area contributed by atoms with Crippen molar-refractivity contribution >= 4 is 5.65 Å². The molecule has 0 N–H and O–H groups in total. The number of rotatable bonds is 2. The van der Waals surface area contributed by atoms with Crippen LogP contribution in [0.4, 0.5) is 0 Å². The molecule has 0 spiro atoms. The zero-order valence-corrected chi connectivity index (χ0v) is 11.7. The molecule has 2 heterocycles. The highest BCUT2D eigenvalue weighted by atomic mass is 15.3. The van der Waals surface area contributed by atoms with Gasteiger partial charge < -0.3 is 0 Å². The van der Waals surface area contributed by atoms with Gasteiger partial charge >= 0.3 is 0 Å². The lowest BCUT2D eigenvalue weighted by Gasteiger charge is -2.06. The summed E-state index contributed by atoms with van der Waals surface area (Å²) < 4.78 is 1.92. The van der Waals surface area contributed by atoms with Crippen molar-refractivity contribution in [3.8, 4) is 17.3 Å². The predicted molar refractivity (Wildman–Crippen MR) is 79.9 cm³/mol. The van der Waals surface area contributed by atoms with Gasteiger partial charge in [0.15, 0.2) is 5.65 Å². The Bertz CT molecular complexity index is 864. The van der Waals surface area contributed by atoms with Gasteiger partial charge in [-0.15, -0.1) is 0 Å². The maximum atomic E-state index is 8.91. The molecule has 1 aromatic carbocycles. The first kappa shape index (κ1) is 12.1. The third-order valence-corrected chi connectivity index (χ3v) is 3.88. The van der Waals surface area contributed by atoms with Gasteiger partial charge in [0.25, 0.3) is 0 Å². The number of fused-ring (bicyclic) bond motifs is 1. The van der Waals surface area contributed by atoms with E-state index in [0.717, 1.165) is 28.3 Å². The summed E-state index contributed by atoms with van der Waals surface area (Å²) in [6.07, 6.45) is 2.46. The predicted octanol–water partition coefficient (Wildman–Crippen LogP) is 3.45. The maximum absolute atomic E-state index is 8.91. The van der Waals surface area contributed by atoms with Crippen LogP contribution >= 0.6 is 0 Å². The van der Waals surface area contributed by atoms with Crippen LogP contribution in [0.2, 0.25) is 0 Å². The Hall–Kier alpha value is -2.67. The molecule has 102 valence electrons. The van der Waals surface area contributed by atoms with Crippen LogP contribution in [0.3, 0.4) is 0 Å². The van der Waals surface area contributed by atoms with E-state index < -0.39 is 0 Å². The fourth-order valence-corrected chi connectivity index (χ4v) is 2.62. The quantitative estimate of drug-likeness (QED) is 0.719. The molecule has 21 heavy (non-hydrogen) atoms. The van der Waals surface area contributed by atoms with Gasteiger partial charge in [0.05, 0.1) is 23.0 Å². The van der Waals surface area contributed by atoms with Gasteiger partial charge in [-0.3, -0.25) is 0 Å². The average Bonchev–Trinajstić information content (AvgIpc) is 3.27. The number of hydrogen-bond donors (Lipinski definition) is 0. The van der Waals surface area contributed by atoms with Crippen molar-refractivity contribution in [2.45, 2.75) is 25.7 Å². The second-order valence-electron chi connectivity index (χ2n) is 5.59. The van der Waals surface area contributed by atoms with E-state index >= 15 is 0 Å². The third kappa shape index (κ3) is 2.07. The summed E-state index contributed by atoms with van der Waals surface area (Å²) in [7, 11) is 0. The Morgan fingerprint density at radius 1 is 1.19 bits per heavy atom. The summed E-state index contributed by atoms with van der Waals surface area (Å²) in [5.74, 6) is 0.612. The van der Waals surface area contributed by atoms with Crippen LogP contribution in [0.1, 0.15) is 35.7 Å². The van der Waals surface area contributed by atoms with E-state index in [1.54, 1.807) is 0 Å². The van der Waals surface area contributed by atoms with Crippen LogP contribution < -0.4 is 0 Å². The number of benzene rings is 1. The fourth-order valence-electron chi connectivity index (χ4n) is 2.62. The molecular weight excluding hydrogens is 260 g/mol. The SMILES string of the molecule is Cc1cc(-c2ccc(C#N)cc2)n2nc(C3CC3)cc2n1. The molecule has 0 aliphatic heterocycles. The Morgan fingerprint density at radius 3 is 2.62 bits per heavy atom. The van der Waals surface area contributed by atoms with Gasteiger partial charge in [0.1, 0.15) is 0 Å². The molecule has 4 heteroatoms. The van der Waals surface area contributed by atoms with Crippen LogP contribution in [0.15, 0.2) is 36.4 Å². The Kier molecular flexibility index (Phi) is 2.55. The fraction of sp³-hybridized carbons (Fsp3) is 0.235. The van der Waals surface area contributed by atoms with E-state index in [4.69, 9.17) is 10.4 Å². The van der Waals surface area contributed by atoms with Gasteiger partial charge in [-0.25, -0.2) is 9.50 Å². The highest BCUT2D eigenvalue weighted by Crippen LogP contribution is 2.39. The molecular formula is C17H14N4. The number of aryl methyl sites for hydroxylation is 1. The Balaban J connectivity index is 1.91. The first-order valence-electron chi connectivity index (χ1n) is 7.12. The number of nitrogens with zero attached hydrogens (tertiary/aromatic N) is 4. The molecule has 4 rings (SSSR count). The molecule has 4 nitrogen and oxygen atoms in total. The molecule has 0 bridgehead atoms. The molecule has 0 saturated heterocycles. The van der Waals surface area contributed by atoms with E-state index in [-0.39, 0.29) is 0 Å². The molecule has 1 aliphatic carbocycles. The van der Waals surface area contributed by atoms with E-state index in [2.05, 4.69) is 17.1 Å². The summed E-state index contributed by atoms with van der Waals surface area (Å²) in [6.45, 7) is 2.00. The Labute approximate surface area is 122 Å². The van der Waals surface area contributed by atoms with Crippen molar-refractivity contribution < 1.29 is 0 Å². The van der Waals surface area contributed by atoms with Crippen molar-refractivity contribution in [1.82, 2.24) is 14.6 Å². The second kappa shape index (κ2) is 4.42. The van der Waals surface area contributed by atoms with Gasteiger partial charge in [-0.1, -0.05) is 12.1 Å². The van der Waals surface area contributed by atoms with Gasteiger partial charge in [-0.05, 0) is 38.0 Å². The van der Waals surface area contributed by atoms with E-state index in [1.165, 1.54) is 12.8 Å². The van der Waals surface area contributed by atoms with Crippen molar-refractivity contribution in [3.05, 3.63) is 53.3 Å². The van der Waals surface area contributed by atoms with Gasteiger partial charge in [0.2, 0.25) is 0 Å². The van der Waals surface area contributed by atoms with Crippen LogP contribution in [0.25, 0.3) is 16.9 Å². The highest BCUT2D eigenvalue weighted by Gasteiger charge is 2.27. The average molecular weight is 274 g/mol. The smallest absolute Gasteiger partial charge is 0.156 e. The summed E-state index contributed by atoms with van der Waals surface area (Å²) >= 11 is 0. The van der Waals surface area contributed by atoms with Crippen molar-refractivity contribution in [1.29, 1.82) is 5.26 Å². The first-order valence-corrected chi connectivity index (χ1v) is 7.12. The lowest BCUT2D eigenvalue weighted by atomic mass is 10.1. The summed E-state index contributed by atoms with van der Waals surface area (Å²) in [4.78, 5) is 4.57.